The Morgan fingerprint density at radius 2 is 2.17 bits per heavy atom. The summed E-state index contributed by atoms with van der Waals surface area (Å²) in [4.78, 5) is 12.7. The SMILES string of the molecule is Cl.O=C(O)[C@H]1CCCN1Cc1ccc(F)cc1F. The number of nitrogens with zero attached hydrogens (tertiary/aromatic N) is 1. The van der Waals surface area contributed by atoms with Crippen molar-refractivity contribution >= 4 is 18.4 Å². The van der Waals surface area contributed by atoms with Crippen LogP contribution in [0.15, 0.2) is 18.2 Å². The lowest BCUT2D eigenvalue weighted by atomic mass is 10.1. The molecule has 1 aliphatic rings. The highest BCUT2D eigenvalue weighted by atomic mass is 35.5. The van der Waals surface area contributed by atoms with Crippen molar-refractivity contribution in [3.05, 3.63) is 35.4 Å². The first-order valence-corrected chi connectivity index (χ1v) is 5.48. The van der Waals surface area contributed by atoms with Crippen LogP contribution in [-0.2, 0) is 11.3 Å². The smallest absolute Gasteiger partial charge is 0.320 e. The van der Waals surface area contributed by atoms with E-state index in [1.54, 1.807) is 4.90 Å². The largest absolute Gasteiger partial charge is 0.480 e. The monoisotopic (exact) mass is 277 g/mol. The number of carboxylic acid groups (broad SMARTS) is 1. The third-order valence-corrected chi connectivity index (χ3v) is 3.04. The average Bonchev–Trinajstić information content (AvgIpc) is 2.70. The van der Waals surface area contributed by atoms with Crippen molar-refractivity contribution in [3.8, 4) is 0 Å². The molecular formula is C12H14ClF2NO2. The van der Waals surface area contributed by atoms with E-state index in [9.17, 15) is 13.6 Å². The number of hydrogen-bond acceptors (Lipinski definition) is 2. The number of carboxylic acids is 1. The van der Waals surface area contributed by atoms with E-state index in [0.717, 1.165) is 12.5 Å². The number of likely N-dealkylation sites (tertiary alicyclic amines) is 1. The molecule has 6 heteroatoms. The number of carbonyl (C=O) groups is 1. The van der Waals surface area contributed by atoms with Gasteiger partial charge in [0, 0.05) is 18.2 Å². The molecule has 0 amide bonds. The van der Waals surface area contributed by atoms with E-state index < -0.39 is 23.6 Å². The van der Waals surface area contributed by atoms with Crippen molar-refractivity contribution < 1.29 is 18.7 Å². The molecule has 3 nitrogen and oxygen atoms in total. The van der Waals surface area contributed by atoms with Crippen LogP contribution in [0.25, 0.3) is 0 Å². The molecule has 18 heavy (non-hydrogen) atoms. The summed E-state index contributed by atoms with van der Waals surface area (Å²) in [6.07, 6.45) is 1.37. The molecule has 1 atom stereocenters. The third-order valence-electron chi connectivity index (χ3n) is 3.04. The first-order valence-electron chi connectivity index (χ1n) is 5.48. The second kappa shape index (κ2) is 6.11. The standard InChI is InChI=1S/C12H13F2NO2.ClH/c13-9-4-3-8(10(14)6-9)7-15-5-1-2-11(15)12(16)17;/h3-4,6,11H,1-2,5,7H2,(H,16,17);1H/t11-;/m1./s1. The van der Waals surface area contributed by atoms with Gasteiger partial charge in [-0.15, -0.1) is 12.4 Å². The Morgan fingerprint density at radius 3 is 2.78 bits per heavy atom. The van der Waals surface area contributed by atoms with Gasteiger partial charge in [-0.3, -0.25) is 9.69 Å². The van der Waals surface area contributed by atoms with Crippen LogP contribution in [-0.4, -0.2) is 28.6 Å². The van der Waals surface area contributed by atoms with E-state index in [0.29, 0.717) is 18.5 Å². The summed E-state index contributed by atoms with van der Waals surface area (Å²) < 4.78 is 26.1. The van der Waals surface area contributed by atoms with Crippen LogP contribution >= 0.6 is 12.4 Å². The van der Waals surface area contributed by atoms with Gasteiger partial charge in [-0.25, -0.2) is 8.78 Å². The second-order valence-electron chi connectivity index (χ2n) is 4.20. The predicted molar refractivity (Wildman–Crippen MR) is 64.7 cm³/mol. The van der Waals surface area contributed by atoms with Gasteiger partial charge in [-0.2, -0.15) is 0 Å². The van der Waals surface area contributed by atoms with Gasteiger partial charge < -0.3 is 5.11 Å². The van der Waals surface area contributed by atoms with Gasteiger partial charge in [0.25, 0.3) is 0 Å². The van der Waals surface area contributed by atoms with Crippen LogP contribution in [0.1, 0.15) is 18.4 Å². The second-order valence-corrected chi connectivity index (χ2v) is 4.20. The molecule has 0 radical (unpaired) electrons. The van der Waals surface area contributed by atoms with Crippen molar-refractivity contribution in [1.29, 1.82) is 0 Å². The number of benzene rings is 1. The van der Waals surface area contributed by atoms with Crippen molar-refractivity contribution in [2.24, 2.45) is 0 Å². The number of rotatable bonds is 3. The zero-order valence-electron chi connectivity index (χ0n) is 9.60. The van der Waals surface area contributed by atoms with Gasteiger partial charge in [0.15, 0.2) is 0 Å². The molecule has 0 bridgehead atoms. The summed E-state index contributed by atoms with van der Waals surface area (Å²) in [5.41, 5.74) is 0.333. The fourth-order valence-corrected chi connectivity index (χ4v) is 2.16. The molecule has 1 N–H and O–H groups in total. The fraction of sp³-hybridized carbons (Fsp3) is 0.417. The molecule has 0 aliphatic carbocycles. The van der Waals surface area contributed by atoms with Gasteiger partial charge in [-0.05, 0) is 25.5 Å². The molecule has 0 spiro atoms. The van der Waals surface area contributed by atoms with E-state index in [1.165, 1.54) is 12.1 Å². The Kier molecular flexibility index (Phi) is 5.04. The maximum absolute atomic E-state index is 13.4. The van der Waals surface area contributed by atoms with Crippen LogP contribution in [0, 0.1) is 11.6 Å². The van der Waals surface area contributed by atoms with Crippen molar-refractivity contribution in [2.45, 2.75) is 25.4 Å². The van der Waals surface area contributed by atoms with E-state index in [-0.39, 0.29) is 19.0 Å². The van der Waals surface area contributed by atoms with Gasteiger partial charge in [0.1, 0.15) is 17.7 Å². The van der Waals surface area contributed by atoms with Crippen LogP contribution in [0.5, 0.6) is 0 Å². The average molecular weight is 278 g/mol. The first-order chi connectivity index (χ1) is 8.08. The lowest BCUT2D eigenvalue weighted by Gasteiger charge is -2.21. The topological polar surface area (TPSA) is 40.5 Å². The normalized spacial score (nSPS) is 19.6. The lowest BCUT2D eigenvalue weighted by molar-refractivity contribution is -0.142. The highest BCUT2D eigenvalue weighted by Gasteiger charge is 2.30. The summed E-state index contributed by atoms with van der Waals surface area (Å²) in [5, 5.41) is 8.98. The molecule has 1 fully saturated rings. The van der Waals surface area contributed by atoms with Crippen LogP contribution in [0.4, 0.5) is 8.78 Å². The van der Waals surface area contributed by atoms with E-state index in [1.807, 2.05) is 0 Å². The van der Waals surface area contributed by atoms with Gasteiger partial charge >= 0.3 is 5.97 Å². The highest BCUT2D eigenvalue weighted by Crippen LogP contribution is 2.21. The van der Waals surface area contributed by atoms with E-state index in [4.69, 9.17) is 5.11 Å². The van der Waals surface area contributed by atoms with Gasteiger partial charge in [-0.1, -0.05) is 6.07 Å². The fourth-order valence-electron chi connectivity index (χ4n) is 2.16. The number of halogens is 3. The molecule has 2 rings (SSSR count). The summed E-state index contributed by atoms with van der Waals surface area (Å²) in [7, 11) is 0. The van der Waals surface area contributed by atoms with E-state index >= 15 is 0 Å². The van der Waals surface area contributed by atoms with Crippen molar-refractivity contribution in [3.63, 3.8) is 0 Å². The molecule has 1 saturated heterocycles. The first kappa shape index (κ1) is 14.9. The Labute approximate surface area is 110 Å². The Bertz CT molecular complexity index is 442. The number of hydrogen-bond donors (Lipinski definition) is 1. The zero-order valence-corrected chi connectivity index (χ0v) is 10.4. The minimum atomic E-state index is -0.884. The number of aliphatic carboxylic acids is 1. The van der Waals surface area contributed by atoms with Gasteiger partial charge in [0.05, 0.1) is 0 Å². The quantitative estimate of drug-likeness (QED) is 0.922. The lowest BCUT2D eigenvalue weighted by Crippen LogP contribution is -2.35. The maximum Gasteiger partial charge on any atom is 0.320 e. The highest BCUT2D eigenvalue weighted by molar-refractivity contribution is 5.85. The summed E-state index contributed by atoms with van der Waals surface area (Å²) >= 11 is 0. The minimum Gasteiger partial charge on any atom is -0.480 e. The van der Waals surface area contributed by atoms with Gasteiger partial charge in [0.2, 0.25) is 0 Å². The van der Waals surface area contributed by atoms with Crippen molar-refractivity contribution in [2.75, 3.05) is 6.54 Å². The summed E-state index contributed by atoms with van der Waals surface area (Å²) in [6.45, 7) is 0.844. The zero-order chi connectivity index (χ0) is 12.4. The molecule has 1 aromatic rings. The molecule has 100 valence electrons. The maximum atomic E-state index is 13.4. The molecule has 1 aromatic carbocycles. The van der Waals surface area contributed by atoms with Crippen LogP contribution < -0.4 is 0 Å². The molecule has 0 saturated carbocycles. The molecule has 0 unspecified atom stereocenters. The van der Waals surface area contributed by atoms with Crippen LogP contribution in [0.2, 0.25) is 0 Å². The van der Waals surface area contributed by atoms with E-state index in [2.05, 4.69) is 0 Å². The van der Waals surface area contributed by atoms with Crippen molar-refractivity contribution in [1.82, 2.24) is 4.90 Å². The molecule has 1 heterocycles. The molecular weight excluding hydrogens is 264 g/mol. The Balaban J connectivity index is 0.00000162. The summed E-state index contributed by atoms with van der Waals surface area (Å²) in [5.74, 6) is -2.13. The Morgan fingerprint density at radius 1 is 1.44 bits per heavy atom. The molecule has 1 aliphatic heterocycles. The minimum absolute atomic E-state index is 0. The predicted octanol–water partition coefficient (Wildman–Crippen LogP) is 2.44. The Hall–Kier alpha value is -1.20. The molecule has 0 aromatic heterocycles. The van der Waals surface area contributed by atoms with Crippen LogP contribution in [0.3, 0.4) is 0 Å². The third kappa shape index (κ3) is 3.17. The summed E-state index contributed by atoms with van der Waals surface area (Å²) in [6, 6.07) is 2.81.